The van der Waals surface area contributed by atoms with Gasteiger partial charge in [0.15, 0.2) is 0 Å². The largest absolute Gasteiger partial charge is 0.351 e. The average Bonchev–Trinajstić information content (AvgIpc) is 2.38. The van der Waals surface area contributed by atoms with Crippen LogP contribution in [0.4, 0.5) is 0 Å². The molecule has 18 heavy (non-hydrogen) atoms. The maximum atomic E-state index is 12.1. The number of amides is 1. The van der Waals surface area contributed by atoms with Gasteiger partial charge in [-0.2, -0.15) is 0 Å². The lowest BCUT2D eigenvalue weighted by Crippen LogP contribution is -2.50. The summed E-state index contributed by atoms with van der Waals surface area (Å²) in [6.07, 6.45) is 2.29. The Kier molecular flexibility index (Phi) is 4.78. The minimum atomic E-state index is -0.0405. The minimum Gasteiger partial charge on any atom is -0.351 e. The van der Waals surface area contributed by atoms with Gasteiger partial charge < -0.3 is 10.6 Å². The Bertz CT molecular complexity index is 422. The predicted octanol–water partition coefficient (Wildman–Crippen LogP) is 2.45. The minimum absolute atomic E-state index is 0.0405. The lowest BCUT2D eigenvalue weighted by molar-refractivity contribution is -0.125. The molecule has 1 heterocycles. The Morgan fingerprint density at radius 2 is 2.28 bits per heavy atom. The van der Waals surface area contributed by atoms with Crippen molar-refractivity contribution >= 4 is 21.8 Å². The van der Waals surface area contributed by atoms with E-state index < -0.39 is 0 Å². The monoisotopic (exact) mass is 310 g/mol. The summed E-state index contributed by atoms with van der Waals surface area (Å²) in [5.41, 5.74) is 1.11. The zero-order valence-corrected chi connectivity index (χ0v) is 12.2. The van der Waals surface area contributed by atoms with E-state index in [0.717, 1.165) is 29.4 Å². The molecule has 1 aromatic rings. The maximum absolute atomic E-state index is 12.1. The summed E-state index contributed by atoms with van der Waals surface area (Å²) in [4.78, 5) is 12.1. The van der Waals surface area contributed by atoms with Crippen LogP contribution in [0.2, 0.25) is 0 Å². The number of halogens is 1. The summed E-state index contributed by atoms with van der Waals surface area (Å²) in [5.74, 6) is 0.524. The predicted molar refractivity (Wildman–Crippen MR) is 76.2 cm³/mol. The topological polar surface area (TPSA) is 41.1 Å². The molecule has 2 rings (SSSR count). The van der Waals surface area contributed by atoms with Crippen LogP contribution in [0.15, 0.2) is 28.7 Å². The highest BCUT2D eigenvalue weighted by Crippen LogP contribution is 2.17. The molecule has 0 radical (unpaired) electrons. The van der Waals surface area contributed by atoms with Gasteiger partial charge in [0.05, 0.1) is 6.04 Å². The summed E-state index contributed by atoms with van der Waals surface area (Å²) >= 11 is 3.49. The molecule has 0 aliphatic carbocycles. The Labute approximate surface area is 116 Å². The van der Waals surface area contributed by atoms with E-state index in [2.05, 4.69) is 33.5 Å². The number of piperidine rings is 1. The Morgan fingerprint density at radius 1 is 1.50 bits per heavy atom. The molecule has 0 aromatic heterocycles. The second kappa shape index (κ2) is 6.34. The third-order valence-electron chi connectivity index (χ3n) is 3.46. The zero-order valence-electron chi connectivity index (χ0n) is 10.6. The second-order valence-electron chi connectivity index (χ2n) is 4.86. The highest BCUT2D eigenvalue weighted by Gasteiger charge is 2.26. The van der Waals surface area contributed by atoms with Crippen LogP contribution in [0.5, 0.6) is 0 Å². The van der Waals surface area contributed by atoms with E-state index in [1.165, 1.54) is 0 Å². The van der Waals surface area contributed by atoms with Crippen molar-refractivity contribution < 1.29 is 4.79 Å². The highest BCUT2D eigenvalue weighted by atomic mass is 79.9. The second-order valence-corrected chi connectivity index (χ2v) is 5.71. The van der Waals surface area contributed by atoms with E-state index in [-0.39, 0.29) is 11.9 Å². The molecule has 1 aliphatic rings. The first-order valence-electron chi connectivity index (χ1n) is 6.43. The molecule has 3 nitrogen and oxygen atoms in total. The molecule has 0 spiro atoms. The molecule has 4 heteroatoms. The first kappa shape index (κ1) is 13.6. The number of hydrogen-bond acceptors (Lipinski definition) is 2. The van der Waals surface area contributed by atoms with E-state index in [1.54, 1.807) is 0 Å². The fraction of sp³-hybridized carbons (Fsp3) is 0.500. The van der Waals surface area contributed by atoms with E-state index in [9.17, 15) is 4.79 Å². The van der Waals surface area contributed by atoms with Gasteiger partial charge in [0.2, 0.25) is 5.91 Å². The molecule has 2 N–H and O–H groups in total. The van der Waals surface area contributed by atoms with Crippen LogP contribution in [-0.4, -0.2) is 18.5 Å². The van der Waals surface area contributed by atoms with Crippen molar-refractivity contribution in [3.05, 3.63) is 34.3 Å². The van der Waals surface area contributed by atoms with Crippen molar-refractivity contribution in [1.82, 2.24) is 10.6 Å². The van der Waals surface area contributed by atoms with Gasteiger partial charge in [-0.25, -0.2) is 0 Å². The fourth-order valence-corrected chi connectivity index (χ4v) is 2.76. The van der Waals surface area contributed by atoms with Gasteiger partial charge in [-0.15, -0.1) is 0 Å². The van der Waals surface area contributed by atoms with Crippen LogP contribution in [-0.2, 0) is 11.3 Å². The van der Waals surface area contributed by atoms with Crippen LogP contribution in [0.1, 0.15) is 25.3 Å². The lowest BCUT2D eigenvalue weighted by atomic mass is 9.92. The van der Waals surface area contributed by atoms with Crippen LogP contribution in [0.3, 0.4) is 0 Å². The molecule has 1 aliphatic heterocycles. The highest BCUT2D eigenvalue weighted by molar-refractivity contribution is 9.10. The number of rotatable bonds is 3. The summed E-state index contributed by atoms with van der Waals surface area (Å²) in [7, 11) is 0. The van der Waals surface area contributed by atoms with Gasteiger partial charge in [-0.05, 0) is 36.9 Å². The first-order chi connectivity index (χ1) is 8.68. The molecule has 1 aromatic carbocycles. The van der Waals surface area contributed by atoms with Gasteiger partial charge in [0.1, 0.15) is 0 Å². The summed E-state index contributed by atoms with van der Waals surface area (Å²) in [6.45, 7) is 3.65. The van der Waals surface area contributed by atoms with E-state index in [0.29, 0.717) is 12.5 Å². The summed E-state index contributed by atoms with van der Waals surface area (Å²) < 4.78 is 1.04. The van der Waals surface area contributed by atoms with Crippen molar-refractivity contribution in [2.75, 3.05) is 6.54 Å². The first-order valence-corrected chi connectivity index (χ1v) is 7.22. The molecule has 98 valence electrons. The van der Waals surface area contributed by atoms with Gasteiger partial charge in [0.25, 0.3) is 0 Å². The van der Waals surface area contributed by atoms with E-state index in [4.69, 9.17) is 0 Å². The number of carbonyl (C=O) groups excluding carboxylic acids is 1. The number of nitrogens with one attached hydrogen (secondary N) is 2. The van der Waals surface area contributed by atoms with Crippen molar-refractivity contribution in [3.8, 4) is 0 Å². The smallest absolute Gasteiger partial charge is 0.237 e. The fourth-order valence-electron chi connectivity index (χ4n) is 2.33. The normalized spacial score (nSPS) is 23.7. The van der Waals surface area contributed by atoms with Crippen LogP contribution in [0.25, 0.3) is 0 Å². The van der Waals surface area contributed by atoms with Gasteiger partial charge in [0, 0.05) is 11.0 Å². The van der Waals surface area contributed by atoms with Crippen molar-refractivity contribution in [3.63, 3.8) is 0 Å². The molecule has 0 bridgehead atoms. The molecule has 2 atom stereocenters. The Balaban J connectivity index is 1.90. The zero-order chi connectivity index (χ0) is 13.0. The maximum Gasteiger partial charge on any atom is 0.237 e. The third kappa shape index (κ3) is 3.33. The Hall–Kier alpha value is -0.870. The van der Waals surface area contributed by atoms with Crippen molar-refractivity contribution in [2.24, 2.45) is 5.92 Å². The van der Waals surface area contributed by atoms with Crippen LogP contribution in [0, 0.1) is 5.92 Å². The summed E-state index contributed by atoms with van der Waals surface area (Å²) in [6, 6.07) is 7.92. The SMILES string of the molecule is CC1CCCNC1C(=O)NCc1ccccc1Br. The van der Waals surface area contributed by atoms with Crippen LogP contribution < -0.4 is 10.6 Å². The molecular weight excluding hydrogens is 292 g/mol. The quantitative estimate of drug-likeness (QED) is 0.900. The third-order valence-corrected chi connectivity index (χ3v) is 4.24. The molecule has 1 amide bonds. The molecule has 1 saturated heterocycles. The molecular formula is C14H19BrN2O. The van der Waals surface area contributed by atoms with Gasteiger partial charge in [-0.1, -0.05) is 41.1 Å². The number of carbonyl (C=O) groups is 1. The van der Waals surface area contributed by atoms with Gasteiger partial charge >= 0.3 is 0 Å². The van der Waals surface area contributed by atoms with Crippen LogP contribution >= 0.6 is 15.9 Å². The Morgan fingerprint density at radius 3 is 3.00 bits per heavy atom. The molecule has 0 saturated carbocycles. The standard InChI is InChI=1S/C14H19BrN2O/c1-10-5-4-8-16-13(10)14(18)17-9-11-6-2-3-7-12(11)15/h2-3,6-7,10,13,16H,4-5,8-9H2,1H3,(H,17,18). The van der Waals surface area contributed by atoms with Gasteiger partial charge in [-0.3, -0.25) is 4.79 Å². The van der Waals surface area contributed by atoms with E-state index in [1.807, 2.05) is 24.3 Å². The average molecular weight is 311 g/mol. The van der Waals surface area contributed by atoms with Crippen molar-refractivity contribution in [2.45, 2.75) is 32.4 Å². The summed E-state index contributed by atoms with van der Waals surface area (Å²) in [5, 5.41) is 6.30. The lowest BCUT2D eigenvalue weighted by Gasteiger charge is -2.29. The van der Waals surface area contributed by atoms with E-state index >= 15 is 0 Å². The number of benzene rings is 1. The van der Waals surface area contributed by atoms with Crippen molar-refractivity contribution in [1.29, 1.82) is 0 Å². The molecule has 1 fully saturated rings. The number of hydrogen-bond donors (Lipinski definition) is 2. The molecule has 2 unspecified atom stereocenters.